The van der Waals surface area contributed by atoms with E-state index in [4.69, 9.17) is 5.11 Å². The second kappa shape index (κ2) is 6.14. The number of anilines is 1. The highest BCUT2D eigenvalue weighted by Gasteiger charge is 2.14. The van der Waals surface area contributed by atoms with Crippen molar-refractivity contribution in [3.05, 3.63) is 46.4 Å². The molecule has 5 heteroatoms. The maximum absolute atomic E-state index is 12.2. The van der Waals surface area contributed by atoms with Crippen LogP contribution in [0, 0.1) is 11.8 Å². The normalized spacial score (nSPS) is 9.58. The van der Waals surface area contributed by atoms with Crippen molar-refractivity contribution in [3.8, 4) is 11.8 Å². The Bertz CT molecular complexity index is 626. The molecule has 0 atom stereocenters. The number of hydrogen-bond donors (Lipinski definition) is 1. The van der Waals surface area contributed by atoms with E-state index in [1.54, 1.807) is 37.0 Å². The van der Waals surface area contributed by atoms with E-state index < -0.39 is 0 Å². The minimum atomic E-state index is -0.184. The molecule has 0 fully saturated rings. The SMILES string of the molecule is CN(C(=O)c1csc(C#CCO)c1)c1cccnc1. The van der Waals surface area contributed by atoms with Crippen molar-refractivity contribution in [1.82, 2.24) is 4.98 Å². The van der Waals surface area contributed by atoms with Gasteiger partial charge in [-0.3, -0.25) is 9.78 Å². The number of pyridine rings is 1. The van der Waals surface area contributed by atoms with E-state index >= 15 is 0 Å². The maximum Gasteiger partial charge on any atom is 0.258 e. The molecule has 0 saturated carbocycles. The number of rotatable bonds is 2. The lowest BCUT2D eigenvalue weighted by molar-refractivity contribution is 0.0993. The Balaban J connectivity index is 2.18. The monoisotopic (exact) mass is 272 g/mol. The van der Waals surface area contributed by atoms with E-state index in [2.05, 4.69) is 16.8 Å². The molecule has 0 bridgehead atoms. The Hall–Kier alpha value is -2.16. The summed E-state index contributed by atoms with van der Waals surface area (Å²) < 4.78 is 0. The predicted octanol–water partition coefficient (Wildman–Crippen LogP) is 1.76. The average molecular weight is 272 g/mol. The fourth-order valence-electron chi connectivity index (χ4n) is 1.50. The van der Waals surface area contributed by atoms with Crippen LogP contribution in [0.15, 0.2) is 36.0 Å². The van der Waals surface area contributed by atoms with E-state index in [1.165, 1.54) is 16.2 Å². The van der Waals surface area contributed by atoms with Crippen molar-refractivity contribution >= 4 is 22.9 Å². The fraction of sp³-hybridized carbons (Fsp3) is 0.143. The van der Waals surface area contributed by atoms with Crippen molar-refractivity contribution in [3.63, 3.8) is 0 Å². The van der Waals surface area contributed by atoms with Crippen molar-refractivity contribution in [1.29, 1.82) is 0 Å². The molecule has 0 aromatic carbocycles. The van der Waals surface area contributed by atoms with Gasteiger partial charge in [-0.05, 0) is 18.2 Å². The Morgan fingerprint density at radius 1 is 1.58 bits per heavy atom. The van der Waals surface area contributed by atoms with E-state index in [-0.39, 0.29) is 12.5 Å². The Morgan fingerprint density at radius 2 is 2.42 bits per heavy atom. The van der Waals surface area contributed by atoms with Crippen molar-refractivity contribution in [2.24, 2.45) is 0 Å². The van der Waals surface area contributed by atoms with Gasteiger partial charge in [-0.25, -0.2) is 0 Å². The summed E-state index contributed by atoms with van der Waals surface area (Å²) in [4.78, 5) is 18.5. The van der Waals surface area contributed by atoms with Crippen molar-refractivity contribution in [2.75, 3.05) is 18.6 Å². The molecule has 0 aliphatic heterocycles. The highest BCUT2D eigenvalue weighted by molar-refractivity contribution is 7.10. The molecule has 0 aliphatic carbocycles. The van der Waals surface area contributed by atoms with Crippen LogP contribution in [0.3, 0.4) is 0 Å². The van der Waals surface area contributed by atoms with E-state index in [1.807, 2.05) is 6.07 Å². The van der Waals surface area contributed by atoms with E-state index in [0.29, 0.717) is 5.56 Å². The van der Waals surface area contributed by atoms with Crippen LogP contribution >= 0.6 is 11.3 Å². The van der Waals surface area contributed by atoms with Crippen LogP contribution in [0.1, 0.15) is 15.2 Å². The van der Waals surface area contributed by atoms with Gasteiger partial charge in [0.05, 0.1) is 22.3 Å². The first-order valence-corrected chi connectivity index (χ1v) is 6.46. The number of thiophene rings is 1. The number of aliphatic hydroxyl groups is 1. The molecule has 0 saturated heterocycles. The van der Waals surface area contributed by atoms with Gasteiger partial charge in [0, 0.05) is 18.6 Å². The van der Waals surface area contributed by atoms with Gasteiger partial charge in [0.15, 0.2) is 0 Å². The molecule has 0 aliphatic rings. The lowest BCUT2D eigenvalue weighted by Gasteiger charge is -2.15. The number of amides is 1. The standard InChI is InChI=1S/C14H12N2O2S/c1-16(12-4-2-6-15-9-12)14(18)11-8-13(19-10-11)5-3-7-17/h2,4,6,8-10,17H,7H2,1H3. The molecular formula is C14H12N2O2S. The van der Waals surface area contributed by atoms with Crippen molar-refractivity contribution in [2.45, 2.75) is 0 Å². The maximum atomic E-state index is 12.2. The van der Waals surface area contributed by atoms with Crippen LogP contribution in [0.4, 0.5) is 5.69 Å². The number of carbonyl (C=O) groups excluding carboxylic acids is 1. The summed E-state index contributed by atoms with van der Waals surface area (Å²) in [6.45, 7) is -0.184. The summed E-state index contributed by atoms with van der Waals surface area (Å²) in [5, 5.41) is 10.4. The third-order valence-electron chi connectivity index (χ3n) is 2.47. The second-order valence-corrected chi connectivity index (χ2v) is 4.65. The molecule has 19 heavy (non-hydrogen) atoms. The summed E-state index contributed by atoms with van der Waals surface area (Å²) >= 11 is 1.38. The van der Waals surface area contributed by atoms with Crippen LogP contribution in [-0.4, -0.2) is 29.7 Å². The number of carbonyl (C=O) groups is 1. The molecule has 0 radical (unpaired) electrons. The molecule has 4 nitrogen and oxygen atoms in total. The van der Waals surface area contributed by atoms with Gasteiger partial charge in [0.1, 0.15) is 6.61 Å². The zero-order valence-electron chi connectivity index (χ0n) is 10.3. The van der Waals surface area contributed by atoms with Crippen LogP contribution in [0.2, 0.25) is 0 Å². The Morgan fingerprint density at radius 3 is 3.11 bits per heavy atom. The Kier molecular flexibility index (Phi) is 4.29. The summed E-state index contributed by atoms with van der Waals surface area (Å²) in [6.07, 6.45) is 3.30. The smallest absolute Gasteiger partial charge is 0.258 e. The zero-order valence-corrected chi connectivity index (χ0v) is 11.1. The quantitative estimate of drug-likeness (QED) is 0.848. The van der Waals surface area contributed by atoms with Crippen molar-refractivity contribution < 1.29 is 9.90 Å². The van der Waals surface area contributed by atoms with Gasteiger partial charge in [0.2, 0.25) is 0 Å². The van der Waals surface area contributed by atoms with Crippen LogP contribution in [-0.2, 0) is 0 Å². The summed E-state index contributed by atoms with van der Waals surface area (Å²) in [5.41, 5.74) is 1.32. The zero-order chi connectivity index (χ0) is 13.7. The van der Waals surface area contributed by atoms with Crippen LogP contribution in [0.25, 0.3) is 0 Å². The van der Waals surface area contributed by atoms with E-state index in [0.717, 1.165) is 10.6 Å². The van der Waals surface area contributed by atoms with Crippen LogP contribution in [0.5, 0.6) is 0 Å². The molecular weight excluding hydrogens is 260 g/mol. The van der Waals surface area contributed by atoms with Gasteiger partial charge in [0.25, 0.3) is 5.91 Å². The summed E-state index contributed by atoms with van der Waals surface area (Å²) in [6, 6.07) is 5.33. The first-order chi connectivity index (χ1) is 9.22. The van der Waals surface area contributed by atoms with E-state index in [9.17, 15) is 4.79 Å². The Labute approximate surface area is 115 Å². The third kappa shape index (κ3) is 3.19. The minimum absolute atomic E-state index is 0.110. The van der Waals surface area contributed by atoms with Gasteiger partial charge in [-0.15, -0.1) is 11.3 Å². The lowest BCUT2D eigenvalue weighted by Crippen LogP contribution is -2.25. The highest BCUT2D eigenvalue weighted by atomic mass is 32.1. The highest BCUT2D eigenvalue weighted by Crippen LogP contribution is 2.18. The molecule has 2 heterocycles. The molecule has 0 unspecified atom stereocenters. The topological polar surface area (TPSA) is 53.4 Å². The summed E-state index contributed by atoms with van der Waals surface area (Å²) in [5.74, 6) is 5.23. The largest absolute Gasteiger partial charge is 0.384 e. The number of aromatic nitrogens is 1. The number of nitrogens with zero attached hydrogens (tertiary/aromatic N) is 2. The second-order valence-electron chi connectivity index (χ2n) is 3.73. The average Bonchev–Trinajstić information content (AvgIpc) is 2.93. The number of aliphatic hydroxyl groups excluding tert-OH is 1. The van der Waals surface area contributed by atoms with Gasteiger partial charge < -0.3 is 10.0 Å². The lowest BCUT2D eigenvalue weighted by atomic mass is 10.2. The molecule has 96 valence electrons. The third-order valence-corrected chi connectivity index (χ3v) is 3.32. The van der Waals surface area contributed by atoms with Crippen LogP contribution < -0.4 is 4.90 Å². The molecule has 1 N–H and O–H groups in total. The van der Waals surface area contributed by atoms with Gasteiger partial charge in [-0.2, -0.15) is 0 Å². The first kappa shape index (κ1) is 13.3. The molecule has 2 rings (SSSR count). The molecule has 2 aromatic heterocycles. The number of hydrogen-bond acceptors (Lipinski definition) is 4. The molecule has 2 aromatic rings. The molecule has 0 spiro atoms. The minimum Gasteiger partial charge on any atom is -0.384 e. The predicted molar refractivity (Wildman–Crippen MR) is 75.3 cm³/mol. The van der Waals surface area contributed by atoms with Gasteiger partial charge in [-0.1, -0.05) is 11.8 Å². The fourth-order valence-corrected chi connectivity index (χ4v) is 2.25. The molecule has 1 amide bonds. The van der Waals surface area contributed by atoms with Gasteiger partial charge >= 0.3 is 0 Å². The summed E-state index contributed by atoms with van der Waals surface area (Å²) in [7, 11) is 1.70. The first-order valence-electron chi connectivity index (χ1n) is 5.58.